The average molecular weight is 260 g/mol. The second-order valence-electron chi connectivity index (χ2n) is 3.60. The Hall–Kier alpha value is -0.770. The van der Waals surface area contributed by atoms with Crippen molar-refractivity contribution in [2.24, 2.45) is 0 Å². The van der Waals surface area contributed by atoms with Crippen LogP contribution >= 0.6 is 23.2 Å². The molecule has 1 heterocycles. The third-order valence-electron chi connectivity index (χ3n) is 2.39. The van der Waals surface area contributed by atoms with E-state index in [2.05, 4.69) is 0 Å². The number of hydrogen-bond acceptors (Lipinski definition) is 2. The molecule has 1 aromatic carbocycles. The number of hydrogen-bond donors (Lipinski definition) is 0. The zero-order chi connectivity index (χ0) is 11.5. The molecule has 1 amide bonds. The molecule has 86 valence electrons. The van der Waals surface area contributed by atoms with Crippen molar-refractivity contribution in [1.82, 2.24) is 5.06 Å². The Morgan fingerprint density at radius 3 is 2.88 bits per heavy atom. The number of amides is 1. The lowest BCUT2D eigenvalue weighted by atomic mass is 10.1. The lowest BCUT2D eigenvalue weighted by molar-refractivity contribution is -0.167. The summed E-state index contributed by atoms with van der Waals surface area (Å²) in [7, 11) is 0. The van der Waals surface area contributed by atoms with Crippen LogP contribution in [0.5, 0.6) is 0 Å². The maximum absolute atomic E-state index is 11.8. The van der Waals surface area contributed by atoms with Crippen molar-refractivity contribution in [3.8, 4) is 0 Å². The molecule has 0 radical (unpaired) electrons. The minimum atomic E-state index is -0.0678. The molecule has 0 unspecified atom stereocenters. The molecule has 16 heavy (non-hydrogen) atoms. The number of nitrogens with zero attached hydrogens (tertiary/aromatic N) is 1. The minimum Gasteiger partial charge on any atom is -0.272 e. The van der Waals surface area contributed by atoms with Crippen molar-refractivity contribution in [1.29, 1.82) is 0 Å². The van der Waals surface area contributed by atoms with E-state index in [1.54, 1.807) is 18.2 Å². The van der Waals surface area contributed by atoms with Gasteiger partial charge in [0.1, 0.15) is 0 Å². The van der Waals surface area contributed by atoms with E-state index < -0.39 is 0 Å². The van der Waals surface area contributed by atoms with Crippen LogP contribution in [-0.2, 0) is 16.1 Å². The first-order valence-corrected chi connectivity index (χ1v) is 5.79. The molecule has 1 fully saturated rings. The van der Waals surface area contributed by atoms with Crippen molar-refractivity contribution in [3.05, 3.63) is 33.8 Å². The van der Waals surface area contributed by atoms with E-state index in [-0.39, 0.29) is 12.3 Å². The Bertz CT molecular complexity index is 403. The molecule has 0 N–H and O–H groups in total. The van der Waals surface area contributed by atoms with Gasteiger partial charge in [0.2, 0.25) is 0 Å². The number of rotatable bonds is 2. The summed E-state index contributed by atoms with van der Waals surface area (Å²) in [4.78, 5) is 16.9. The standard InChI is InChI=1S/C11H11Cl2NO2/c12-9-3-2-8(10(13)7-9)6-11(15)14-4-1-5-16-14/h2-3,7H,1,4-6H2. The van der Waals surface area contributed by atoms with Gasteiger partial charge in [0, 0.05) is 10.0 Å². The molecule has 1 aliphatic heterocycles. The Kier molecular flexibility index (Phi) is 3.69. The SMILES string of the molecule is O=C(Cc1ccc(Cl)cc1Cl)N1CCCO1. The normalized spacial score (nSPS) is 15.5. The summed E-state index contributed by atoms with van der Waals surface area (Å²) in [6.45, 7) is 1.27. The predicted octanol–water partition coefficient (Wildman–Crippen LogP) is 2.70. The van der Waals surface area contributed by atoms with Crippen LogP contribution in [0.2, 0.25) is 10.0 Å². The Labute approximate surface area is 104 Å². The van der Waals surface area contributed by atoms with E-state index >= 15 is 0 Å². The van der Waals surface area contributed by atoms with Crippen molar-refractivity contribution in [2.45, 2.75) is 12.8 Å². The van der Waals surface area contributed by atoms with E-state index in [9.17, 15) is 4.79 Å². The third-order valence-corrected chi connectivity index (χ3v) is 2.97. The quantitative estimate of drug-likeness (QED) is 0.818. The second kappa shape index (κ2) is 5.04. The number of hydroxylamine groups is 2. The maximum atomic E-state index is 11.8. The molecule has 0 bridgehead atoms. The predicted molar refractivity (Wildman–Crippen MR) is 62.4 cm³/mol. The van der Waals surface area contributed by atoms with Gasteiger partial charge in [-0.2, -0.15) is 0 Å². The molecule has 0 atom stereocenters. The van der Waals surface area contributed by atoms with Gasteiger partial charge in [0.05, 0.1) is 19.6 Å². The zero-order valence-electron chi connectivity index (χ0n) is 8.58. The van der Waals surface area contributed by atoms with Gasteiger partial charge in [-0.25, -0.2) is 5.06 Å². The Morgan fingerprint density at radius 2 is 2.25 bits per heavy atom. The van der Waals surface area contributed by atoms with Gasteiger partial charge in [0.15, 0.2) is 0 Å². The average Bonchev–Trinajstić information content (AvgIpc) is 2.75. The van der Waals surface area contributed by atoms with E-state index in [1.807, 2.05) is 0 Å². The van der Waals surface area contributed by atoms with Crippen LogP contribution in [0, 0.1) is 0 Å². The molecule has 0 spiro atoms. The molecule has 1 saturated heterocycles. The third kappa shape index (κ3) is 2.67. The largest absolute Gasteiger partial charge is 0.272 e. The highest BCUT2D eigenvalue weighted by atomic mass is 35.5. The number of halogens is 2. The van der Waals surface area contributed by atoms with Crippen LogP contribution < -0.4 is 0 Å². The van der Waals surface area contributed by atoms with Gasteiger partial charge >= 0.3 is 0 Å². The molecular formula is C11H11Cl2NO2. The molecule has 1 aromatic rings. The highest BCUT2D eigenvalue weighted by molar-refractivity contribution is 6.35. The van der Waals surface area contributed by atoms with E-state index in [1.165, 1.54) is 5.06 Å². The summed E-state index contributed by atoms with van der Waals surface area (Å²) < 4.78 is 0. The second-order valence-corrected chi connectivity index (χ2v) is 4.44. The zero-order valence-corrected chi connectivity index (χ0v) is 10.1. The summed E-state index contributed by atoms with van der Waals surface area (Å²) in [5, 5.41) is 2.48. The van der Waals surface area contributed by atoms with E-state index in [4.69, 9.17) is 28.0 Å². The monoisotopic (exact) mass is 259 g/mol. The highest BCUT2D eigenvalue weighted by Gasteiger charge is 2.20. The number of benzene rings is 1. The van der Waals surface area contributed by atoms with Crippen LogP contribution in [0.3, 0.4) is 0 Å². The summed E-state index contributed by atoms with van der Waals surface area (Å²) in [5.74, 6) is -0.0678. The van der Waals surface area contributed by atoms with Gasteiger partial charge in [-0.3, -0.25) is 9.63 Å². The maximum Gasteiger partial charge on any atom is 0.250 e. The van der Waals surface area contributed by atoms with Gasteiger partial charge < -0.3 is 0 Å². The smallest absolute Gasteiger partial charge is 0.250 e. The molecule has 5 heteroatoms. The fourth-order valence-corrected chi connectivity index (χ4v) is 2.04. The molecule has 3 nitrogen and oxygen atoms in total. The van der Waals surface area contributed by atoms with E-state index in [0.717, 1.165) is 12.0 Å². The van der Waals surface area contributed by atoms with Gasteiger partial charge in [-0.15, -0.1) is 0 Å². The lowest BCUT2D eigenvalue weighted by Gasteiger charge is -2.14. The van der Waals surface area contributed by atoms with Crippen LogP contribution in [-0.4, -0.2) is 24.1 Å². The summed E-state index contributed by atoms with van der Waals surface area (Å²) in [6, 6.07) is 5.12. The van der Waals surface area contributed by atoms with Crippen molar-refractivity contribution in [3.63, 3.8) is 0 Å². The summed E-state index contributed by atoms with van der Waals surface area (Å²) >= 11 is 11.8. The van der Waals surface area contributed by atoms with Crippen LogP contribution in [0.4, 0.5) is 0 Å². The van der Waals surface area contributed by atoms with Gasteiger partial charge in [-0.1, -0.05) is 29.3 Å². The highest BCUT2D eigenvalue weighted by Crippen LogP contribution is 2.22. The van der Waals surface area contributed by atoms with Crippen LogP contribution in [0.15, 0.2) is 18.2 Å². The lowest BCUT2D eigenvalue weighted by Crippen LogP contribution is -2.28. The molecule has 0 aliphatic carbocycles. The molecular weight excluding hydrogens is 249 g/mol. The topological polar surface area (TPSA) is 29.5 Å². The van der Waals surface area contributed by atoms with Crippen molar-refractivity contribution in [2.75, 3.05) is 13.2 Å². The van der Waals surface area contributed by atoms with Crippen LogP contribution in [0.25, 0.3) is 0 Å². The van der Waals surface area contributed by atoms with Crippen LogP contribution in [0.1, 0.15) is 12.0 Å². The summed E-state index contributed by atoms with van der Waals surface area (Å²) in [5.41, 5.74) is 0.770. The first-order chi connectivity index (χ1) is 7.66. The van der Waals surface area contributed by atoms with Crippen molar-refractivity contribution < 1.29 is 9.63 Å². The van der Waals surface area contributed by atoms with Gasteiger partial charge in [0.25, 0.3) is 5.91 Å². The Balaban J connectivity index is 2.05. The van der Waals surface area contributed by atoms with Crippen molar-refractivity contribution >= 4 is 29.1 Å². The molecule has 2 rings (SSSR count). The fourth-order valence-electron chi connectivity index (χ4n) is 1.56. The first kappa shape index (κ1) is 11.7. The summed E-state index contributed by atoms with van der Waals surface area (Å²) in [6.07, 6.45) is 1.14. The Morgan fingerprint density at radius 1 is 1.44 bits per heavy atom. The minimum absolute atomic E-state index is 0.0678. The number of carbonyl (C=O) groups excluding carboxylic acids is 1. The van der Waals surface area contributed by atoms with Gasteiger partial charge in [-0.05, 0) is 24.1 Å². The molecule has 0 saturated carbocycles. The number of carbonyl (C=O) groups is 1. The van der Waals surface area contributed by atoms with E-state index in [0.29, 0.717) is 23.2 Å². The first-order valence-electron chi connectivity index (χ1n) is 5.04. The molecule has 1 aliphatic rings. The fraction of sp³-hybridized carbons (Fsp3) is 0.364. The molecule has 0 aromatic heterocycles.